The first kappa shape index (κ1) is 17.7. The summed E-state index contributed by atoms with van der Waals surface area (Å²) in [5.41, 5.74) is 6.41. The number of halogens is 1. The van der Waals surface area contributed by atoms with Gasteiger partial charge in [0.25, 0.3) is 11.8 Å². The number of benzene rings is 2. The zero-order chi connectivity index (χ0) is 17.5. The Hall–Kier alpha value is -2.67. The van der Waals surface area contributed by atoms with E-state index in [1.807, 2.05) is 0 Å². The molecule has 6 nitrogen and oxygen atoms in total. The van der Waals surface area contributed by atoms with E-state index in [2.05, 4.69) is 32.1 Å². The second-order valence-electron chi connectivity index (χ2n) is 5.00. The van der Waals surface area contributed by atoms with Crippen LogP contribution in [0.3, 0.4) is 0 Å². The van der Waals surface area contributed by atoms with Gasteiger partial charge in [-0.25, -0.2) is 0 Å². The van der Waals surface area contributed by atoms with Crippen LogP contribution in [0, 0.1) is 0 Å². The number of ketones is 1. The van der Waals surface area contributed by atoms with Crippen molar-refractivity contribution in [3.8, 4) is 0 Å². The van der Waals surface area contributed by atoms with E-state index in [1.165, 1.54) is 6.92 Å². The van der Waals surface area contributed by atoms with E-state index in [4.69, 9.17) is 0 Å². The van der Waals surface area contributed by atoms with Gasteiger partial charge in [-0.2, -0.15) is 0 Å². The normalized spacial score (nSPS) is 9.92. The fourth-order valence-corrected chi connectivity index (χ4v) is 2.11. The smallest absolute Gasteiger partial charge is 0.269 e. The van der Waals surface area contributed by atoms with Crippen LogP contribution in [0.25, 0.3) is 0 Å². The van der Waals surface area contributed by atoms with Gasteiger partial charge in [0.15, 0.2) is 5.78 Å². The molecule has 0 bridgehead atoms. The minimum atomic E-state index is -0.401. The lowest BCUT2D eigenvalue weighted by atomic mass is 10.1. The van der Waals surface area contributed by atoms with Gasteiger partial charge < -0.3 is 5.32 Å². The Bertz CT molecular complexity index is 743. The van der Waals surface area contributed by atoms with Gasteiger partial charge in [-0.3, -0.25) is 25.2 Å². The molecule has 124 valence electrons. The number of hydrogen-bond donors (Lipinski definition) is 3. The summed E-state index contributed by atoms with van der Waals surface area (Å²) in [5.74, 6) is -0.812. The van der Waals surface area contributed by atoms with E-state index < -0.39 is 11.8 Å². The van der Waals surface area contributed by atoms with Crippen molar-refractivity contribution in [1.29, 1.82) is 0 Å². The average molecular weight is 390 g/mol. The molecule has 0 unspecified atom stereocenters. The zero-order valence-electron chi connectivity index (χ0n) is 12.9. The number of hydrogen-bond acceptors (Lipinski definition) is 4. The number of carbonyl (C=O) groups excluding carboxylic acids is 3. The summed E-state index contributed by atoms with van der Waals surface area (Å²) in [6, 6.07) is 13.5. The molecule has 7 heteroatoms. The molecule has 0 saturated heterocycles. The first-order chi connectivity index (χ1) is 11.5. The molecule has 0 heterocycles. The summed E-state index contributed by atoms with van der Waals surface area (Å²) in [5, 5.41) is 2.90. The number of Topliss-reactive ketones (excluding diaryl/α,β-unsaturated/α-hetero) is 1. The summed E-state index contributed by atoms with van der Waals surface area (Å²) in [6.07, 6.45) is 0. The Labute approximate surface area is 147 Å². The molecule has 0 saturated carbocycles. The monoisotopic (exact) mass is 389 g/mol. The third-order valence-electron chi connectivity index (χ3n) is 3.17. The number of amides is 2. The second kappa shape index (κ2) is 8.26. The molecule has 24 heavy (non-hydrogen) atoms. The van der Waals surface area contributed by atoms with Gasteiger partial charge in [0.05, 0.1) is 6.54 Å². The molecule has 2 amide bonds. The molecule has 2 rings (SSSR count). The van der Waals surface area contributed by atoms with Crippen molar-refractivity contribution in [1.82, 2.24) is 10.9 Å². The van der Waals surface area contributed by atoms with Gasteiger partial charge in [0.1, 0.15) is 0 Å². The SMILES string of the molecule is CC(=O)c1ccc(NCC(=O)NNC(=O)c2ccc(Br)cc2)cc1. The summed E-state index contributed by atoms with van der Waals surface area (Å²) in [7, 11) is 0. The van der Waals surface area contributed by atoms with E-state index in [-0.39, 0.29) is 12.3 Å². The first-order valence-corrected chi connectivity index (χ1v) is 7.94. The van der Waals surface area contributed by atoms with E-state index in [1.54, 1.807) is 48.5 Å². The van der Waals surface area contributed by atoms with Crippen LogP contribution >= 0.6 is 15.9 Å². The number of nitrogens with one attached hydrogen (secondary N) is 3. The molecule has 3 N–H and O–H groups in total. The van der Waals surface area contributed by atoms with Gasteiger partial charge in [-0.05, 0) is 55.5 Å². The van der Waals surface area contributed by atoms with Crippen molar-refractivity contribution >= 4 is 39.2 Å². The van der Waals surface area contributed by atoms with E-state index >= 15 is 0 Å². The average Bonchev–Trinajstić information content (AvgIpc) is 2.58. The Morgan fingerprint density at radius 2 is 1.46 bits per heavy atom. The fourth-order valence-electron chi connectivity index (χ4n) is 1.85. The molecular formula is C17H16BrN3O3. The van der Waals surface area contributed by atoms with Gasteiger partial charge in [0, 0.05) is 21.3 Å². The van der Waals surface area contributed by atoms with Crippen molar-refractivity contribution in [2.45, 2.75) is 6.92 Å². The molecule has 2 aromatic rings. The van der Waals surface area contributed by atoms with Crippen LogP contribution < -0.4 is 16.2 Å². The molecular weight excluding hydrogens is 374 g/mol. The van der Waals surface area contributed by atoms with Crippen LogP contribution in [0.1, 0.15) is 27.6 Å². The van der Waals surface area contributed by atoms with Crippen LogP contribution in [0.2, 0.25) is 0 Å². The van der Waals surface area contributed by atoms with Crippen LogP contribution in [0.15, 0.2) is 53.0 Å². The van der Waals surface area contributed by atoms with Gasteiger partial charge in [-0.15, -0.1) is 0 Å². The number of rotatable bonds is 5. The maximum atomic E-state index is 11.8. The maximum absolute atomic E-state index is 11.8. The fraction of sp³-hybridized carbons (Fsp3) is 0.118. The number of hydrazine groups is 1. The highest BCUT2D eigenvalue weighted by molar-refractivity contribution is 9.10. The summed E-state index contributed by atoms with van der Waals surface area (Å²) < 4.78 is 0.864. The molecule has 0 aliphatic rings. The Morgan fingerprint density at radius 3 is 2.04 bits per heavy atom. The highest BCUT2D eigenvalue weighted by Gasteiger charge is 2.07. The van der Waals surface area contributed by atoms with Gasteiger partial charge in [-0.1, -0.05) is 15.9 Å². The van der Waals surface area contributed by atoms with Crippen molar-refractivity contribution in [2.24, 2.45) is 0 Å². The summed E-state index contributed by atoms with van der Waals surface area (Å²) in [4.78, 5) is 34.8. The highest BCUT2D eigenvalue weighted by atomic mass is 79.9. The summed E-state index contributed by atoms with van der Waals surface area (Å²) >= 11 is 3.28. The Kier molecular flexibility index (Phi) is 6.08. The Morgan fingerprint density at radius 1 is 0.875 bits per heavy atom. The molecule has 0 spiro atoms. The van der Waals surface area contributed by atoms with Gasteiger partial charge in [0.2, 0.25) is 0 Å². The molecule has 0 radical (unpaired) electrons. The van der Waals surface area contributed by atoms with Crippen LogP contribution in [-0.2, 0) is 4.79 Å². The lowest BCUT2D eigenvalue weighted by Crippen LogP contribution is -2.44. The first-order valence-electron chi connectivity index (χ1n) is 7.15. The van der Waals surface area contributed by atoms with Crippen LogP contribution in [0.5, 0.6) is 0 Å². The van der Waals surface area contributed by atoms with Crippen molar-refractivity contribution in [3.63, 3.8) is 0 Å². The van der Waals surface area contributed by atoms with E-state index in [0.717, 1.165) is 4.47 Å². The Balaban J connectivity index is 1.77. The largest absolute Gasteiger partial charge is 0.376 e. The van der Waals surface area contributed by atoms with Crippen LogP contribution in [-0.4, -0.2) is 24.1 Å². The number of anilines is 1. The van der Waals surface area contributed by atoms with Crippen molar-refractivity contribution in [3.05, 3.63) is 64.1 Å². The molecule has 0 aliphatic heterocycles. The third kappa shape index (κ3) is 5.20. The standard InChI is InChI=1S/C17H16BrN3O3/c1-11(22)12-4-8-15(9-5-12)19-10-16(23)20-21-17(24)13-2-6-14(18)7-3-13/h2-9,19H,10H2,1H3,(H,20,23)(H,21,24). The van der Waals surface area contributed by atoms with Gasteiger partial charge >= 0.3 is 0 Å². The lowest BCUT2D eigenvalue weighted by Gasteiger charge is -2.09. The predicted molar refractivity (Wildman–Crippen MR) is 94.7 cm³/mol. The van der Waals surface area contributed by atoms with Crippen molar-refractivity contribution in [2.75, 3.05) is 11.9 Å². The zero-order valence-corrected chi connectivity index (χ0v) is 14.5. The number of carbonyl (C=O) groups is 3. The summed E-state index contributed by atoms with van der Waals surface area (Å²) in [6.45, 7) is 1.48. The molecule has 0 aromatic heterocycles. The van der Waals surface area contributed by atoms with Crippen LogP contribution in [0.4, 0.5) is 5.69 Å². The molecule has 0 fully saturated rings. The molecule has 0 aliphatic carbocycles. The predicted octanol–water partition coefficient (Wildman–Crippen LogP) is 2.52. The van der Waals surface area contributed by atoms with E-state index in [9.17, 15) is 14.4 Å². The van der Waals surface area contributed by atoms with Crippen molar-refractivity contribution < 1.29 is 14.4 Å². The minimum absolute atomic E-state index is 0.0139. The molecule has 0 atom stereocenters. The quantitative estimate of drug-likeness (QED) is 0.541. The third-order valence-corrected chi connectivity index (χ3v) is 3.70. The second-order valence-corrected chi connectivity index (χ2v) is 5.91. The van der Waals surface area contributed by atoms with E-state index in [0.29, 0.717) is 16.8 Å². The topological polar surface area (TPSA) is 87.3 Å². The highest BCUT2D eigenvalue weighted by Crippen LogP contribution is 2.10. The lowest BCUT2D eigenvalue weighted by molar-refractivity contribution is -0.120. The minimum Gasteiger partial charge on any atom is -0.376 e. The maximum Gasteiger partial charge on any atom is 0.269 e. The molecule has 2 aromatic carbocycles.